The van der Waals surface area contributed by atoms with Crippen LogP contribution in [0.15, 0.2) is 0 Å². The van der Waals surface area contributed by atoms with Gasteiger partial charge in [0.25, 0.3) is 0 Å². The molecule has 0 aliphatic carbocycles. The van der Waals surface area contributed by atoms with Crippen LogP contribution in [0.2, 0.25) is 0 Å². The van der Waals surface area contributed by atoms with Crippen molar-refractivity contribution in [2.75, 3.05) is 13.1 Å². The SMILES string of the molecule is CC(O)C(C)N1CCC(N)C1. The van der Waals surface area contributed by atoms with E-state index in [1.807, 2.05) is 13.8 Å². The van der Waals surface area contributed by atoms with E-state index in [0.717, 1.165) is 19.5 Å². The standard InChI is InChI=1S/C8H18N2O/c1-6(7(2)11)10-4-3-8(9)5-10/h6-8,11H,3-5,9H2,1-2H3. The molecule has 0 aromatic carbocycles. The molecule has 0 aromatic heterocycles. The van der Waals surface area contributed by atoms with Crippen LogP contribution in [0.1, 0.15) is 20.3 Å². The second kappa shape index (κ2) is 3.52. The second-order valence-electron chi connectivity index (χ2n) is 3.52. The van der Waals surface area contributed by atoms with Gasteiger partial charge in [-0.1, -0.05) is 0 Å². The zero-order valence-corrected chi connectivity index (χ0v) is 7.33. The highest BCUT2D eigenvalue weighted by Crippen LogP contribution is 2.12. The summed E-state index contributed by atoms with van der Waals surface area (Å²) in [6.07, 6.45) is 0.817. The van der Waals surface area contributed by atoms with E-state index in [-0.39, 0.29) is 12.1 Å². The molecule has 1 saturated heterocycles. The molecule has 11 heavy (non-hydrogen) atoms. The number of hydrogen-bond acceptors (Lipinski definition) is 3. The smallest absolute Gasteiger partial charge is 0.0664 e. The first-order valence-electron chi connectivity index (χ1n) is 4.29. The summed E-state index contributed by atoms with van der Waals surface area (Å²) in [7, 11) is 0. The second-order valence-corrected chi connectivity index (χ2v) is 3.52. The normalized spacial score (nSPS) is 32.2. The molecule has 1 rings (SSSR count). The highest BCUT2D eigenvalue weighted by molar-refractivity contribution is 4.83. The Kier molecular flexibility index (Phi) is 2.87. The molecule has 0 radical (unpaired) electrons. The summed E-state index contributed by atoms with van der Waals surface area (Å²) in [4.78, 5) is 2.25. The molecule has 0 spiro atoms. The van der Waals surface area contributed by atoms with E-state index < -0.39 is 0 Å². The Morgan fingerprint density at radius 3 is 2.55 bits per heavy atom. The van der Waals surface area contributed by atoms with Crippen LogP contribution in [0.5, 0.6) is 0 Å². The van der Waals surface area contributed by atoms with Gasteiger partial charge in [0.05, 0.1) is 6.10 Å². The molecule has 3 nitrogen and oxygen atoms in total. The van der Waals surface area contributed by atoms with Gasteiger partial charge in [0, 0.05) is 25.2 Å². The maximum Gasteiger partial charge on any atom is 0.0664 e. The van der Waals surface area contributed by atoms with Crippen molar-refractivity contribution in [3.05, 3.63) is 0 Å². The number of nitrogens with zero attached hydrogens (tertiary/aromatic N) is 1. The Balaban J connectivity index is 2.36. The fraction of sp³-hybridized carbons (Fsp3) is 1.00. The van der Waals surface area contributed by atoms with E-state index in [2.05, 4.69) is 4.90 Å². The summed E-state index contributed by atoms with van der Waals surface area (Å²) < 4.78 is 0. The van der Waals surface area contributed by atoms with Gasteiger partial charge in [-0.3, -0.25) is 4.90 Å². The third-order valence-electron chi connectivity index (χ3n) is 2.53. The predicted molar refractivity (Wildman–Crippen MR) is 45.3 cm³/mol. The van der Waals surface area contributed by atoms with Crippen molar-refractivity contribution in [2.45, 2.75) is 38.5 Å². The minimum Gasteiger partial charge on any atom is -0.392 e. The average Bonchev–Trinajstić information content (AvgIpc) is 2.34. The zero-order chi connectivity index (χ0) is 8.43. The topological polar surface area (TPSA) is 49.5 Å². The van der Waals surface area contributed by atoms with Crippen LogP contribution in [-0.4, -0.2) is 41.3 Å². The molecular formula is C8H18N2O. The lowest BCUT2D eigenvalue weighted by Crippen LogP contribution is -2.40. The zero-order valence-electron chi connectivity index (χ0n) is 7.33. The van der Waals surface area contributed by atoms with Gasteiger partial charge in [-0.05, 0) is 20.3 Å². The van der Waals surface area contributed by atoms with Crippen LogP contribution >= 0.6 is 0 Å². The molecular weight excluding hydrogens is 140 g/mol. The number of nitrogens with two attached hydrogens (primary N) is 1. The predicted octanol–water partition coefficient (Wildman–Crippen LogP) is -0.211. The van der Waals surface area contributed by atoms with Crippen LogP contribution in [0, 0.1) is 0 Å². The summed E-state index contributed by atoms with van der Waals surface area (Å²) in [6.45, 7) is 5.84. The molecule has 1 aliphatic rings. The van der Waals surface area contributed by atoms with E-state index in [1.54, 1.807) is 0 Å². The molecule has 0 amide bonds. The molecule has 0 saturated carbocycles. The van der Waals surface area contributed by atoms with Crippen LogP contribution in [0.3, 0.4) is 0 Å². The van der Waals surface area contributed by atoms with Crippen LogP contribution in [0.4, 0.5) is 0 Å². The summed E-state index contributed by atoms with van der Waals surface area (Å²) in [5.41, 5.74) is 5.74. The Morgan fingerprint density at radius 2 is 2.18 bits per heavy atom. The number of rotatable bonds is 2. The van der Waals surface area contributed by atoms with E-state index >= 15 is 0 Å². The summed E-state index contributed by atoms with van der Waals surface area (Å²) >= 11 is 0. The van der Waals surface area contributed by atoms with Crippen molar-refractivity contribution >= 4 is 0 Å². The molecule has 1 heterocycles. The molecule has 1 fully saturated rings. The maximum atomic E-state index is 9.29. The average molecular weight is 158 g/mol. The quantitative estimate of drug-likeness (QED) is 0.584. The minimum atomic E-state index is -0.250. The Morgan fingerprint density at radius 1 is 1.55 bits per heavy atom. The van der Waals surface area contributed by atoms with Gasteiger partial charge < -0.3 is 10.8 Å². The maximum absolute atomic E-state index is 9.29. The fourth-order valence-corrected chi connectivity index (χ4v) is 1.49. The molecule has 0 bridgehead atoms. The van der Waals surface area contributed by atoms with Crippen LogP contribution in [0.25, 0.3) is 0 Å². The van der Waals surface area contributed by atoms with Gasteiger partial charge in [0.1, 0.15) is 0 Å². The lowest BCUT2D eigenvalue weighted by Gasteiger charge is -2.26. The molecule has 66 valence electrons. The van der Waals surface area contributed by atoms with Gasteiger partial charge >= 0.3 is 0 Å². The van der Waals surface area contributed by atoms with Crippen LogP contribution in [-0.2, 0) is 0 Å². The Hall–Kier alpha value is -0.120. The highest BCUT2D eigenvalue weighted by atomic mass is 16.3. The lowest BCUT2D eigenvalue weighted by molar-refractivity contribution is 0.0850. The Bertz CT molecular complexity index is 127. The molecule has 3 N–H and O–H groups in total. The summed E-state index contributed by atoms with van der Waals surface area (Å²) in [5.74, 6) is 0. The number of aliphatic hydroxyl groups excluding tert-OH is 1. The first-order chi connectivity index (χ1) is 5.11. The van der Waals surface area contributed by atoms with E-state index in [9.17, 15) is 5.11 Å². The monoisotopic (exact) mass is 158 g/mol. The van der Waals surface area contributed by atoms with E-state index in [1.165, 1.54) is 0 Å². The molecule has 3 heteroatoms. The van der Waals surface area contributed by atoms with Crippen molar-refractivity contribution in [3.8, 4) is 0 Å². The third kappa shape index (κ3) is 2.15. The Labute approximate surface area is 68.2 Å². The van der Waals surface area contributed by atoms with Crippen molar-refractivity contribution in [3.63, 3.8) is 0 Å². The van der Waals surface area contributed by atoms with Crippen molar-refractivity contribution < 1.29 is 5.11 Å². The lowest BCUT2D eigenvalue weighted by atomic mass is 10.2. The molecule has 3 atom stereocenters. The number of aliphatic hydroxyl groups is 1. The van der Waals surface area contributed by atoms with Crippen molar-refractivity contribution in [1.29, 1.82) is 0 Å². The van der Waals surface area contributed by atoms with Crippen LogP contribution < -0.4 is 5.73 Å². The minimum absolute atomic E-state index is 0.250. The molecule has 0 aromatic rings. The first kappa shape index (κ1) is 8.97. The number of likely N-dealkylation sites (tertiary alicyclic amines) is 1. The van der Waals surface area contributed by atoms with E-state index in [0.29, 0.717) is 6.04 Å². The first-order valence-corrected chi connectivity index (χ1v) is 4.29. The van der Waals surface area contributed by atoms with Gasteiger partial charge in [-0.15, -0.1) is 0 Å². The van der Waals surface area contributed by atoms with Gasteiger partial charge in [0.2, 0.25) is 0 Å². The third-order valence-corrected chi connectivity index (χ3v) is 2.53. The molecule has 1 aliphatic heterocycles. The van der Waals surface area contributed by atoms with Crippen molar-refractivity contribution in [1.82, 2.24) is 4.90 Å². The highest BCUT2D eigenvalue weighted by Gasteiger charge is 2.25. The molecule has 3 unspecified atom stereocenters. The largest absolute Gasteiger partial charge is 0.392 e. The van der Waals surface area contributed by atoms with Gasteiger partial charge in [0.15, 0.2) is 0 Å². The van der Waals surface area contributed by atoms with E-state index in [4.69, 9.17) is 5.73 Å². The summed E-state index contributed by atoms with van der Waals surface area (Å²) in [5, 5.41) is 9.29. The summed E-state index contributed by atoms with van der Waals surface area (Å²) in [6, 6.07) is 0.569. The number of hydrogen-bond donors (Lipinski definition) is 2. The van der Waals surface area contributed by atoms with Crippen molar-refractivity contribution in [2.24, 2.45) is 5.73 Å². The fourth-order valence-electron chi connectivity index (χ4n) is 1.49. The van der Waals surface area contributed by atoms with Gasteiger partial charge in [-0.2, -0.15) is 0 Å². The van der Waals surface area contributed by atoms with Gasteiger partial charge in [-0.25, -0.2) is 0 Å².